The maximum atomic E-state index is 12.7. The SMILES string of the molecule is Cc1cccc(NC(=O)N2CCCC(C(=O)NCC3COc4ccccc4C3)C2)c1. The molecule has 2 unspecified atom stereocenters. The molecular weight excluding hydrogens is 378 g/mol. The number of aryl methyl sites for hydroxylation is 1. The minimum absolute atomic E-state index is 0.0296. The first-order valence-corrected chi connectivity index (χ1v) is 10.7. The largest absolute Gasteiger partial charge is 0.493 e. The van der Waals surface area contributed by atoms with Crippen LogP contribution in [0.4, 0.5) is 10.5 Å². The molecule has 0 radical (unpaired) electrons. The van der Waals surface area contributed by atoms with Crippen LogP contribution in [-0.4, -0.2) is 43.1 Å². The van der Waals surface area contributed by atoms with Crippen molar-refractivity contribution in [3.8, 4) is 5.75 Å². The van der Waals surface area contributed by atoms with Gasteiger partial charge in [-0.25, -0.2) is 4.79 Å². The van der Waals surface area contributed by atoms with Gasteiger partial charge in [-0.05, 0) is 55.5 Å². The van der Waals surface area contributed by atoms with Gasteiger partial charge in [0.15, 0.2) is 0 Å². The van der Waals surface area contributed by atoms with Crippen molar-refractivity contribution in [1.82, 2.24) is 10.2 Å². The van der Waals surface area contributed by atoms with Gasteiger partial charge < -0.3 is 20.3 Å². The number of amides is 3. The number of ether oxygens (including phenoxy) is 1. The average molecular weight is 408 g/mol. The van der Waals surface area contributed by atoms with Gasteiger partial charge in [0, 0.05) is 31.2 Å². The third-order valence-corrected chi connectivity index (χ3v) is 5.87. The lowest BCUT2D eigenvalue weighted by atomic mass is 9.95. The molecular formula is C24H29N3O3. The number of hydrogen-bond acceptors (Lipinski definition) is 3. The van der Waals surface area contributed by atoms with Gasteiger partial charge in [0.05, 0.1) is 12.5 Å². The second-order valence-corrected chi connectivity index (χ2v) is 8.32. The van der Waals surface area contributed by atoms with Crippen molar-refractivity contribution in [2.75, 3.05) is 31.6 Å². The Hall–Kier alpha value is -3.02. The molecule has 0 spiro atoms. The van der Waals surface area contributed by atoms with E-state index in [2.05, 4.69) is 16.7 Å². The molecule has 6 heteroatoms. The molecule has 2 heterocycles. The topological polar surface area (TPSA) is 70.7 Å². The number of nitrogens with zero attached hydrogens (tertiary/aromatic N) is 1. The van der Waals surface area contributed by atoms with E-state index in [1.54, 1.807) is 4.90 Å². The van der Waals surface area contributed by atoms with Crippen LogP contribution in [0.5, 0.6) is 5.75 Å². The maximum absolute atomic E-state index is 12.7. The molecule has 1 saturated heterocycles. The number of carbonyl (C=O) groups is 2. The van der Waals surface area contributed by atoms with Gasteiger partial charge >= 0.3 is 6.03 Å². The number of urea groups is 1. The van der Waals surface area contributed by atoms with E-state index in [0.29, 0.717) is 26.2 Å². The van der Waals surface area contributed by atoms with Gasteiger partial charge in [-0.1, -0.05) is 30.3 Å². The Kier molecular flexibility index (Phi) is 6.21. The first-order valence-electron chi connectivity index (χ1n) is 10.7. The summed E-state index contributed by atoms with van der Waals surface area (Å²) in [7, 11) is 0. The molecule has 1 fully saturated rings. The summed E-state index contributed by atoms with van der Waals surface area (Å²) >= 11 is 0. The van der Waals surface area contributed by atoms with Crippen LogP contribution < -0.4 is 15.4 Å². The van der Waals surface area contributed by atoms with Crippen LogP contribution >= 0.6 is 0 Å². The zero-order valence-electron chi connectivity index (χ0n) is 17.4. The minimum Gasteiger partial charge on any atom is -0.493 e. The summed E-state index contributed by atoms with van der Waals surface area (Å²) in [6.45, 7) is 4.33. The predicted molar refractivity (Wildman–Crippen MR) is 117 cm³/mol. The molecule has 0 bridgehead atoms. The van der Waals surface area contributed by atoms with Crippen molar-refractivity contribution in [3.63, 3.8) is 0 Å². The number of piperidine rings is 1. The lowest BCUT2D eigenvalue weighted by molar-refractivity contribution is -0.126. The van der Waals surface area contributed by atoms with Crippen LogP contribution in [0.1, 0.15) is 24.0 Å². The number of likely N-dealkylation sites (tertiary alicyclic amines) is 1. The smallest absolute Gasteiger partial charge is 0.321 e. The molecule has 3 amide bonds. The summed E-state index contributed by atoms with van der Waals surface area (Å²) in [5.41, 5.74) is 3.07. The molecule has 2 N–H and O–H groups in total. The summed E-state index contributed by atoms with van der Waals surface area (Å²) in [5, 5.41) is 6.04. The molecule has 0 aliphatic carbocycles. The summed E-state index contributed by atoms with van der Waals surface area (Å²) in [4.78, 5) is 27.1. The van der Waals surface area contributed by atoms with Crippen molar-refractivity contribution in [1.29, 1.82) is 0 Å². The number of carbonyl (C=O) groups excluding carboxylic acids is 2. The van der Waals surface area contributed by atoms with Crippen molar-refractivity contribution < 1.29 is 14.3 Å². The standard InChI is InChI=1S/C24H29N3O3/c1-17-6-4-9-21(12-17)26-24(29)27-11-5-8-20(15-27)23(28)25-14-18-13-19-7-2-3-10-22(19)30-16-18/h2-4,6-7,9-10,12,18,20H,5,8,11,13-16H2,1H3,(H,25,28)(H,26,29). The third kappa shape index (κ3) is 4.93. The van der Waals surface area contributed by atoms with Crippen LogP contribution in [0.3, 0.4) is 0 Å². The van der Waals surface area contributed by atoms with Crippen molar-refractivity contribution >= 4 is 17.6 Å². The molecule has 2 aliphatic heterocycles. The molecule has 6 nitrogen and oxygen atoms in total. The molecule has 158 valence electrons. The molecule has 30 heavy (non-hydrogen) atoms. The number of nitrogens with one attached hydrogen (secondary N) is 2. The molecule has 0 saturated carbocycles. The number of fused-ring (bicyclic) bond motifs is 1. The molecule has 2 atom stereocenters. The first-order chi connectivity index (χ1) is 14.6. The van der Waals surface area contributed by atoms with Gasteiger partial charge in [-0.15, -0.1) is 0 Å². The highest BCUT2D eigenvalue weighted by atomic mass is 16.5. The Labute approximate surface area is 177 Å². The monoisotopic (exact) mass is 407 g/mol. The van der Waals surface area contributed by atoms with E-state index in [-0.39, 0.29) is 23.8 Å². The third-order valence-electron chi connectivity index (χ3n) is 5.87. The quantitative estimate of drug-likeness (QED) is 0.813. The summed E-state index contributed by atoms with van der Waals surface area (Å²) in [6, 6.07) is 15.7. The molecule has 2 aromatic carbocycles. The Morgan fingerprint density at radius 3 is 2.90 bits per heavy atom. The fourth-order valence-corrected chi connectivity index (χ4v) is 4.21. The second kappa shape index (κ2) is 9.20. The molecule has 0 aromatic heterocycles. The van der Waals surface area contributed by atoms with Crippen LogP contribution in [0, 0.1) is 18.8 Å². The number of benzene rings is 2. The molecule has 2 aromatic rings. The van der Waals surface area contributed by atoms with E-state index in [1.165, 1.54) is 5.56 Å². The predicted octanol–water partition coefficient (Wildman–Crippen LogP) is 3.61. The first kappa shape index (κ1) is 20.3. The highest BCUT2D eigenvalue weighted by molar-refractivity contribution is 5.90. The Morgan fingerprint density at radius 2 is 2.03 bits per heavy atom. The second-order valence-electron chi connectivity index (χ2n) is 8.32. The minimum atomic E-state index is -0.168. The maximum Gasteiger partial charge on any atom is 0.321 e. The summed E-state index contributed by atoms with van der Waals surface area (Å²) in [6.07, 6.45) is 2.55. The lowest BCUT2D eigenvalue weighted by Crippen LogP contribution is -2.47. The fourth-order valence-electron chi connectivity index (χ4n) is 4.21. The fraction of sp³-hybridized carbons (Fsp3) is 0.417. The highest BCUT2D eigenvalue weighted by Crippen LogP contribution is 2.26. The van der Waals surface area contributed by atoms with E-state index in [0.717, 1.165) is 36.3 Å². The summed E-state index contributed by atoms with van der Waals surface area (Å²) < 4.78 is 5.81. The number of hydrogen-bond donors (Lipinski definition) is 2. The van der Waals surface area contributed by atoms with Crippen LogP contribution in [0.25, 0.3) is 0 Å². The van der Waals surface area contributed by atoms with Gasteiger partial charge in [0.2, 0.25) is 5.91 Å². The van der Waals surface area contributed by atoms with E-state index >= 15 is 0 Å². The average Bonchev–Trinajstić information content (AvgIpc) is 2.77. The number of anilines is 1. The normalized spacial score (nSPS) is 20.6. The molecule has 4 rings (SSSR count). The van der Waals surface area contributed by atoms with E-state index in [4.69, 9.17) is 4.74 Å². The van der Waals surface area contributed by atoms with E-state index in [9.17, 15) is 9.59 Å². The van der Waals surface area contributed by atoms with Crippen molar-refractivity contribution in [3.05, 3.63) is 59.7 Å². The zero-order chi connectivity index (χ0) is 20.9. The number of rotatable bonds is 4. The Morgan fingerprint density at radius 1 is 1.17 bits per heavy atom. The lowest BCUT2D eigenvalue weighted by Gasteiger charge is -2.32. The zero-order valence-corrected chi connectivity index (χ0v) is 17.4. The van der Waals surface area contributed by atoms with E-state index < -0.39 is 0 Å². The van der Waals surface area contributed by atoms with Crippen molar-refractivity contribution in [2.45, 2.75) is 26.2 Å². The molecule has 2 aliphatic rings. The summed E-state index contributed by atoms with van der Waals surface area (Å²) in [5.74, 6) is 1.08. The Bertz CT molecular complexity index is 914. The van der Waals surface area contributed by atoms with Crippen LogP contribution in [0.2, 0.25) is 0 Å². The van der Waals surface area contributed by atoms with Gasteiger partial charge in [0.25, 0.3) is 0 Å². The van der Waals surface area contributed by atoms with Crippen molar-refractivity contribution in [2.24, 2.45) is 11.8 Å². The van der Waals surface area contributed by atoms with Crippen LogP contribution in [0.15, 0.2) is 48.5 Å². The van der Waals surface area contributed by atoms with Crippen LogP contribution in [-0.2, 0) is 11.2 Å². The van der Waals surface area contributed by atoms with Gasteiger partial charge in [-0.2, -0.15) is 0 Å². The highest BCUT2D eigenvalue weighted by Gasteiger charge is 2.29. The van der Waals surface area contributed by atoms with Gasteiger partial charge in [0.1, 0.15) is 5.75 Å². The van der Waals surface area contributed by atoms with Gasteiger partial charge in [-0.3, -0.25) is 4.79 Å². The Balaban J connectivity index is 1.27. The van der Waals surface area contributed by atoms with E-state index in [1.807, 2.05) is 49.4 Å². The number of para-hydroxylation sites is 1.